The molecule has 0 radical (unpaired) electrons. The van der Waals surface area contributed by atoms with Gasteiger partial charge < -0.3 is 19.3 Å². The molecule has 8 heteroatoms. The van der Waals surface area contributed by atoms with Crippen molar-refractivity contribution in [3.8, 4) is 5.88 Å². The van der Waals surface area contributed by atoms with Gasteiger partial charge in [0.1, 0.15) is 0 Å². The summed E-state index contributed by atoms with van der Waals surface area (Å²) in [7, 11) is 0. The summed E-state index contributed by atoms with van der Waals surface area (Å²) in [5.74, 6) is 2.22. The molecule has 3 fully saturated rings. The molecule has 1 aromatic carbocycles. The van der Waals surface area contributed by atoms with Gasteiger partial charge >= 0.3 is 0 Å². The highest BCUT2D eigenvalue weighted by molar-refractivity contribution is 5.88. The van der Waals surface area contributed by atoms with Crippen molar-refractivity contribution in [3.05, 3.63) is 48.2 Å². The van der Waals surface area contributed by atoms with Crippen molar-refractivity contribution in [1.82, 2.24) is 19.9 Å². The third-order valence-corrected chi connectivity index (χ3v) is 7.58. The summed E-state index contributed by atoms with van der Waals surface area (Å²) < 4.78 is 11.6. The average Bonchev–Trinajstić information content (AvgIpc) is 3.49. The number of aromatic nitrogens is 2. The van der Waals surface area contributed by atoms with Gasteiger partial charge in [-0.1, -0.05) is 23.4 Å². The molecule has 5 heterocycles. The number of aliphatic hydroxyl groups is 1. The number of pyridine rings is 1. The minimum Gasteiger partial charge on any atom is -0.477 e. The Balaban J connectivity index is 0.988. The van der Waals surface area contributed by atoms with E-state index in [1.807, 2.05) is 30.5 Å². The van der Waals surface area contributed by atoms with Crippen molar-refractivity contribution >= 4 is 16.8 Å². The molecule has 0 aliphatic carbocycles. The molecular weight excluding hydrogens is 430 g/mol. The maximum Gasteiger partial charge on any atom is 0.213 e. The predicted molar refractivity (Wildman–Crippen MR) is 130 cm³/mol. The van der Waals surface area contributed by atoms with E-state index in [9.17, 15) is 5.11 Å². The minimum absolute atomic E-state index is 0.184. The average molecular weight is 464 g/mol. The number of rotatable bonds is 6. The number of aliphatic hydroxyl groups excluding tert-OH is 1. The number of hydrogen-bond acceptors (Lipinski definition) is 8. The highest BCUT2D eigenvalue weighted by atomic mass is 16.5. The van der Waals surface area contributed by atoms with E-state index >= 15 is 0 Å². The maximum absolute atomic E-state index is 9.69. The predicted octanol–water partition coefficient (Wildman–Crippen LogP) is 2.77. The smallest absolute Gasteiger partial charge is 0.213 e. The van der Waals surface area contributed by atoms with Gasteiger partial charge in [-0.15, -0.1) is 0 Å². The van der Waals surface area contributed by atoms with E-state index < -0.39 is 0 Å². The fraction of sp³-hybridized carbons (Fsp3) is 0.538. The first-order valence-electron chi connectivity index (χ1n) is 12.5. The normalized spacial score (nSPS) is 26.1. The largest absolute Gasteiger partial charge is 0.477 e. The van der Waals surface area contributed by atoms with Gasteiger partial charge in [-0.3, -0.25) is 9.80 Å². The van der Waals surface area contributed by atoms with Gasteiger partial charge in [-0.05, 0) is 37.0 Å². The third-order valence-electron chi connectivity index (χ3n) is 7.58. The van der Waals surface area contributed by atoms with Gasteiger partial charge in [0.2, 0.25) is 5.88 Å². The van der Waals surface area contributed by atoms with Gasteiger partial charge in [0.15, 0.2) is 11.4 Å². The van der Waals surface area contributed by atoms with Crippen molar-refractivity contribution < 1.29 is 14.4 Å². The van der Waals surface area contributed by atoms with Crippen molar-refractivity contribution in [2.75, 3.05) is 50.8 Å². The molecule has 3 aromatic rings. The van der Waals surface area contributed by atoms with Gasteiger partial charge in [-0.25, -0.2) is 4.98 Å². The van der Waals surface area contributed by atoms with Crippen LogP contribution in [-0.4, -0.2) is 83.1 Å². The molecule has 180 valence electrons. The lowest BCUT2D eigenvalue weighted by Gasteiger charge is -2.46. The Kier molecular flexibility index (Phi) is 6.11. The zero-order valence-corrected chi connectivity index (χ0v) is 19.6. The number of likely N-dealkylation sites (tertiary alicyclic amines) is 1. The molecule has 0 amide bonds. The molecular formula is C26H33N5O3. The highest BCUT2D eigenvalue weighted by Crippen LogP contribution is 2.31. The zero-order valence-electron chi connectivity index (χ0n) is 19.6. The van der Waals surface area contributed by atoms with E-state index in [0.29, 0.717) is 24.4 Å². The summed E-state index contributed by atoms with van der Waals surface area (Å²) in [5, 5.41) is 15.2. The Morgan fingerprint density at radius 3 is 2.79 bits per heavy atom. The van der Waals surface area contributed by atoms with Crippen molar-refractivity contribution in [2.24, 2.45) is 5.92 Å². The first kappa shape index (κ1) is 21.8. The van der Waals surface area contributed by atoms with Crippen LogP contribution in [0.25, 0.3) is 11.0 Å². The third kappa shape index (κ3) is 4.62. The number of benzene rings is 1. The van der Waals surface area contributed by atoms with Crippen molar-refractivity contribution in [1.29, 1.82) is 0 Å². The SMILES string of the molecule is OC1CCN(Cc2ccc(OCC3CCC4CN(c5noc6ccccc56)CCN4C3)nc2)C1. The Bertz CT molecular complexity index is 1100. The number of piperidine rings is 1. The van der Waals surface area contributed by atoms with E-state index in [4.69, 9.17) is 9.26 Å². The molecule has 3 unspecified atom stereocenters. The number of piperazine rings is 1. The molecule has 6 rings (SSSR count). The van der Waals surface area contributed by atoms with E-state index in [2.05, 4.69) is 37.0 Å². The molecule has 0 bridgehead atoms. The quantitative estimate of drug-likeness (QED) is 0.598. The maximum atomic E-state index is 9.69. The van der Waals surface area contributed by atoms with Crippen molar-refractivity contribution in [3.63, 3.8) is 0 Å². The molecule has 34 heavy (non-hydrogen) atoms. The number of β-amino-alcohol motifs (C(OH)–C–C–N with tert-alkyl or cyclic N) is 1. The van der Waals surface area contributed by atoms with Crippen LogP contribution in [0.1, 0.15) is 24.8 Å². The molecule has 3 aliphatic heterocycles. The molecule has 3 atom stereocenters. The van der Waals surface area contributed by atoms with Gasteiger partial charge in [0, 0.05) is 70.0 Å². The molecule has 0 saturated carbocycles. The Labute approximate surface area is 200 Å². The lowest BCUT2D eigenvalue weighted by atomic mass is 9.91. The molecule has 1 N–H and O–H groups in total. The van der Waals surface area contributed by atoms with E-state index in [1.54, 1.807) is 0 Å². The van der Waals surface area contributed by atoms with Crippen LogP contribution < -0.4 is 9.64 Å². The Morgan fingerprint density at radius 1 is 1.00 bits per heavy atom. The number of anilines is 1. The highest BCUT2D eigenvalue weighted by Gasteiger charge is 2.34. The molecule has 0 spiro atoms. The van der Waals surface area contributed by atoms with Crippen LogP contribution in [0, 0.1) is 5.92 Å². The van der Waals surface area contributed by atoms with Gasteiger partial charge in [-0.2, -0.15) is 0 Å². The van der Waals surface area contributed by atoms with Gasteiger partial charge in [0.25, 0.3) is 0 Å². The second-order valence-electron chi connectivity index (χ2n) is 10.0. The molecule has 8 nitrogen and oxygen atoms in total. The Hall–Kier alpha value is -2.68. The van der Waals surface area contributed by atoms with Crippen LogP contribution in [0.3, 0.4) is 0 Å². The summed E-state index contributed by atoms with van der Waals surface area (Å²) in [6, 6.07) is 12.7. The fourth-order valence-electron chi connectivity index (χ4n) is 5.69. The number of para-hydroxylation sites is 1. The lowest BCUT2D eigenvalue weighted by Crippen LogP contribution is -2.57. The molecule has 3 saturated heterocycles. The van der Waals surface area contributed by atoms with Crippen LogP contribution in [0.15, 0.2) is 47.1 Å². The second kappa shape index (κ2) is 9.52. The van der Waals surface area contributed by atoms with Gasteiger partial charge in [0.05, 0.1) is 18.1 Å². The lowest BCUT2D eigenvalue weighted by molar-refractivity contribution is 0.0716. The summed E-state index contributed by atoms with van der Waals surface area (Å²) >= 11 is 0. The zero-order chi connectivity index (χ0) is 22.9. The number of fused-ring (bicyclic) bond motifs is 2. The van der Waals surface area contributed by atoms with E-state index in [0.717, 1.165) is 69.0 Å². The van der Waals surface area contributed by atoms with Crippen LogP contribution >= 0.6 is 0 Å². The first-order valence-corrected chi connectivity index (χ1v) is 12.5. The summed E-state index contributed by atoms with van der Waals surface area (Å²) in [4.78, 5) is 11.8. The number of nitrogens with zero attached hydrogens (tertiary/aromatic N) is 5. The topological polar surface area (TPSA) is 78.1 Å². The standard InChI is InChI=1S/C26H33N5O3/c32-22-9-10-29(17-22)14-19-6-8-25(27-13-19)33-18-20-5-7-21-16-31(12-11-30(21)15-20)26-23-3-1-2-4-24(23)34-28-26/h1-4,6,8,13,20-22,32H,5,7,9-12,14-18H2. The Morgan fingerprint density at radius 2 is 1.94 bits per heavy atom. The fourth-order valence-corrected chi connectivity index (χ4v) is 5.69. The monoisotopic (exact) mass is 463 g/mol. The van der Waals surface area contributed by atoms with E-state index in [-0.39, 0.29) is 6.10 Å². The van der Waals surface area contributed by atoms with Crippen molar-refractivity contribution in [2.45, 2.75) is 38.0 Å². The number of ether oxygens (including phenoxy) is 1. The van der Waals surface area contributed by atoms with E-state index in [1.165, 1.54) is 18.4 Å². The molecule has 3 aliphatic rings. The minimum atomic E-state index is -0.184. The van der Waals surface area contributed by atoms with Crippen LogP contribution in [-0.2, 0) is 6.54 Å². The van der Waals surface area contributed by atoms with Crippen LogP contribution in [0.2, 0.25) is 0 Å². The van der Waals surface area contributed by atoms with Crippen LogP contribution in [0.4, 0.5) is 5.82 Å². The second-order valence-corrected chi connectivity index (χ2v) is 10.0. The number of hydrogen-bond donors (Lipinski definition) is 1. The molecule has 2 aromatic heterocycles. The summed E-state index contributed by atoms with van der Waals surface area (Å²) in [5.41, 5.74) is 2.02. The summed E-state index contributed by atoms with van der Waals surface area (Å²) in [6.07, 6.45) is 4.93. The summed E-state index contributed by atoms with van der Waals surface area (Å²) in [6.45, 7) is 7.35. The first-order chi connectivity index (χ1) is 16.7. The van der Waals surface area contributed by atoms with Crippen LogP contribution in [0.5, 0.6) is 5.88 Å².